The summed E-state index contributed by atoms with van der Waals surface area (Å²) >= 11 is 0. The predicted molar refractivity (Wildman–Crippen MR) is 99.6 cm³/mol. The van der Waals surface area contributed by atoms with Gasteiger partial charge in [-0.25, -0.2) is 0 Å². The Morgan fingerprint density at radius 3 is 2.68 bits per heavy atom. The third-order valence-corrected chi connectivity index (χ3v) is 8.46. The quantitative estimate of drug-likeness (QED) is 0.396. The minimum absolute atomic E-state index is 0.0366. The van der Waals surface area contributed by atoms with Crippen molar-refractivity contribution in [2.24, 2.45) is 35.0 Å². The number of ether oxygens (including phenoxy) is 1. The van der Waals surface area contributed by atoms with Gasteiger partial charge in [0, 0.05) is 11.8 Å². The first-order chi connectivity index (χ1) is 12.0. The lowest BCUT2D eigenvalue weighted by atomic mass is 9.49. The van der Waals surface area contributed by atoms with Gasteiger partial charge in [0.2, 0.25) is 0 Å². The van der Waals surface area contributed by atoms with E-state index in [2.05, 4.69) is 25.0 Å². The summed E-state index contributed by atoms with van der Waals surface area (Å²) in [6.45, 7) is 4.19. The summed E-state index contributed by atoms with van der Waals surface area (Å²) in [5, 5.41) is 0. The molecule has 7 atom stereocenters. The Balaban J connectivity index is 1.61. The molecule has 0 spiro atoms. The van der Waals surface area contributed by atoms with Crippen LogP contribution in [0.5, 0.6) is 0 Å². The van der Waals surface area contributed by atoms with Gasteiger partial charge in [-0.3, -0.25) is 4.79 Å². The highest BCUT2D eigenvalue weighted by Gasteiger charge is 2.64. The topological polar surface area (TPSA) is 26.3 Å². The van der Waals surface area contributed by atoms with Crippen molar-refractivity contribution in [1.82, 2.24) is 0 Å². The summed E-state index contributed by atoms with van der Waals surface area (Å²) in [6, 6.07) is 0. The maximum Gasteiger partial charge on any atom is 0.307 e. The molecule has 1 unspecified atom stereocenters. The molecule has 0 saturated heterocycles. The van der Waals surface area contributed by atoms with Crippen LogP contribution >= 0.6 is 0 Å². The van der Waals surface area contributed by atoms with Crippen LogP contribution in [0.3, 0.4) is 0 Å². The van der Waals surface area contributed by atoms with Crippen molar-refractivity contribution in [2.75, 3.05) is 0 Å². The molecule has 2 nitrogen and oxygen atoms in total. The number of carbonyl (C=O) groups is 1. The van der Waals surface area contributed by atoms with Crippen LogP contribution < -0.4 is 0 Å². The average molecular weight is 341 g/mol. The molecule has 3 fully saturated rings. The van der Waals surface area contributed by atoms with Gasteiger partial charge in [-0.2, -0.15) is 0 Å². The molecular formula is C23H32O2. The Bertz CT molecular complexity index is 614. The fourth-order valence-corrected chi connectivity index (χ4v) is 7.12. The maximum atomic E-state index is 12.1. The van der Waals surface area contributed by atoms with E-state index in [-0.39, 0.29) is 11.4 Å². The Hall–Kier alpha value is -1.23. The highest BCUT2D eigenvalue weighted by atomic mass is 16.6. The first-order valence-electron chi connectivity index (χ1n) is 10.4. The Labute approximate surface area is 152 Å². The van der Waals surface area contributed by atoms with Crippen LogP contribution in [0, 0.1) is 47.3 Å². The zero-order valence-electron chi connectivity index (χ0n) is 15.8. The highest BCUT2D eigenvalue weighted by molar-refractivity contribution is 5.70. The largest absolute Gasteiger partial charge is 0.445 e. The van der Waals surface area contributed by atoms with Crippen molar-refractivity contribution in [3.8, 4) is 12.3 Å². The van der Waals surface area contributed by atoms with Gasteiger partial charge in [0.15, 0.2) is 5.60 Å². The van der Waals surface area contributed by atoms with E-state index >= 15 is 0 Å². The molecule has 0 aromatic carbocycles. The van der Waals surface area contributed by atoms with Crippen LogP contribution in [0.4, 0.5) is 0 Å². The molecule has 4 rings (SSSR count). The number of hydrogen-bond donors (Lipinski definition) is 0. The molecule has 0 aliphatic heterocycles. The lowest BCUT2D eigenvalue weighted by Gasteiger charge is -2.56. The number of terminal acetylenes is 1. The van der Waals surface area contributed by atoms with Gasteiger partial charge < -0.3 is 4.74 Å². The molecule has 136 valence electrons. The smallest absolute Gasteiger partial charge is 0.307 e. The molecule has 0 radical (unpaired) electrons. The monoisotopic (exact) mass is 340 g/mol. The minimum Gasteiger partial charge on any atom is -0.445 e. The van der Waals surface area contributed by atoms with E-state index in [0.29, 0.717) is 12.3 Å². The van der Waals surface area contributed by atoms with Crippen molar-refractivity contribution in [1.29, 1.82) is 0 Å². The molecule has 0 amide bonds. The first kappa shape index (κ1) is 17.2. The van der Waals surface area contributed by atoms with Gasteiger partial charge in [-0.15, -0.1) is 6.42 Å². The van der Waals surface area contributed by atoms with Gasteiger partial charge >= 0.3 is 5.97 Å². The average Bonchev–Trinajstić information content (AvgIpc) is 2.94. The molecule has 25 heavy (non-hydrogen) atoms. The Morgan fingerprint density at radius 1 is 1.12 bits per heavy atom. The number of rotatable bonds is 2. The van der Waals surface area contributed by atoms with Crippen LogP contribution in [-0.2, 0) is 9.53 Å². The van der Waals surface area contributed by atoms with Crippen molar-refractivity contribution in [3.63, 3.8) is 0 Å². The SMILES string of the molecule is C#C[C@]1(OC(=O)CC)CC[C@H]2[C@@H]3CCC4CC=CC[C@@H]4[C@H]3CC[C@@]21C. The third-order valence-electron chi connectivity index (χ3n) is 8.46. The van der Waals surface area contributed by atoms with E-state index in [1.54, 1.807) is 0 Å². The molecule has 3 saturated carbocycles. The van der Waals surface area contributed by atoms with Gasteiger partial charge in [0.05, 0.1) is 0 Å². The highest BCUT2D eigenvalue weighted by Crippen LogP contribution is 2.65. The number of hydrogen-bond acceptors (Lipinski definition) is 2. The van der Waals surface area contributed by atoms with Gasteiger partial charge in [-0.1, -0.05) is 31.9 Å². The molecule has 2 heteroatoms. The van der Waals surface area contributed by atoms with E-state index in [9.17, 15) is 4.79 Å². The second-order valence-corrected chi connectivity index (χ2v) is 9.17. The van der Waals surface area contributed by atoms with Crippen molar-refractivity contribution in [2.45, 2.75) is 77.2 Å². The number of esters is 1. The van der Waals surface area contributed by atoms with Gasteiger partial charge in [-0.05, 0) is 81.0 Å². The van der Waals surface area contributed by atoms with E-state index < -0.39 is 5.60 Å². The molecule has 0 heterocycles. The van der Waals surface area contributed by atoms with Crippen LogP contribution in [0.25, 0.3) is 0 Å². The van der Waals surface area contributed by atoms with Gasteiger partial charge in [0.25, 0.3) is 0 Å². The molecule has 0 aromatic heterocycles. The summed E-state index contributed by atoms with van der Waals surface area (Å²) in [4.78, 5) is 12.1. The fourth-order valence-electron chi connectivity index (χ4n) is 7.12. The second-order valence-electron chi connectivity index (χ2n) is 9.17. The second kappa shape index (κ2) is 6.19. The number of allylic oxidation sites excluding steroid dienone is 2. The van der Waals surface area contributed by atoms with Crippen LogP contribution in [0.15, 0.2) is 12.2 Å². The molecule has 4 aliphatic rings. The zero-order valence-corrected chi connectivity index (χ0v) is 15.8. The normalized spacial score (nSPS) is 48.0. The predicted octanol–water partition coefficient (Wildman–Crippen LogP) is 5.13. The van der Waals surface area contributed by atoms with Crippen LogP contribution in [0.1, 0.15) is 71.6 Å². The van der Waals surface area contributed by atoms with E-state index in [1.165, 1.54) is 32.1 Å². The maximum absolute atomic E-state index is 12.1. The summed E-state index contributed by atoms with van der Waals surface area (Å²) in [5.41, 5.74) is -0.704. The summed E-state index contributed by atoms with van der Waals surface area (Å²) in [5.74, 6) is 6.90. The molecule has 4 aliphatic carbocycles. The lowest BCUT2D eigenvalue weighted by molar-refractivity contribution is -0.171. The lowest BCUT2D eigenvalue weighted by Crippen LogP contribution is -2.54. The summed E-state index contributed by atoms with van der Waals surface area (Å²) in [7, 11) is 0. The summed E-state index contributed by atoms with van der Waals surface area (Å²) in [6.07, 6.45) is 20.9. The van der Waals surface area contributed by atoms with Crippen molar-refractivity contribution >= 4 is 5.97 Å². The third kappa shape index (κ3) is 2.42. The molecule has 0 bridgehead atoms. The van der Waals surface area contributed by atoms with Crippen molar-refractivity contribution < 1.29 is 9.53 Å². The molecule has 0 aromatic rings. The minimum atomic E-state index is -0.668. The standard InChI is InChI=1S/C23H32O2/c1-4-21(24)25-23(5-2)15-13-20-19-11-10-16-8-6-7-9-17(16)18(19)12-14-22(20,23)3/h2,6-7,16-20H,4,8-15H2,1,3H3/t16?,17-,18+,19+,20-,22-,23-/m0/s1. The first-order valence-corrected chi connectivity index (χ1v) is 10.4. The van der Waals surface area contributed by atoms with Crippen LogP contribution in [-0.4, -0.2) is 11.6 Å². The molecular weight excluding hydrogens is 308 g/mol. The van der Waals surface area contributed by atoms with E-state index in [1.807, 2.05) is 6.92 Å². The number of carbonyl (C=O) groups excluding carboxylic acids is 1. The Kier molecular flexibility index (Phi) is 4.25. The van der Waals surface area contributed by atoms with Gasteiger partial charge in [0.1, 0.15) is 0 Å². The zero-order chi connectivity index (χ0) is 17.7. The Morgan fingerprint density at radius 2 is 1.92 bits per heavy atom. The van der Waals surface area contributed by atoms with Crippen LogP contribution in [0.2, 0.25) is 0 Å². The summed E-state index contributed by atoms with van der Waals surface area (Å²) < 4.78 is 5.97. The number of fused-ring (bicyclic) bond motifs is 5. The van der Waals surface area contributed by atoms with Crippen molar-refractivity contribution in [3.05, 3.63) is 12.2 Å². The van der Waals surface area contributed by atoms with E-state index in [4.69, 9.17) is 11.2 Å². The van der Waals surface area contributed by atoms with E-state index in [0.717, 1.165) is 42.9 Å². The molecule has 0 N–H and O–H groups in total. The fraction of sp³-hybridized carbons (Fsp3) is 0.783.